The van der Waals surface area contributed by atoms with E-state index in [1.54, 1.807) is 18.2 Å². The minimum Gasteiger partial charge on any atom is -0.495 e. The molecular weight excluding hydrogens is 547 g/mol. The lowest BCUT2D eigenvalue weighted by Crippen LogP contribution is -2.38. The predicted molar refractivity (Wildman–Crippen MR) is 152 cm³/mol. The molecule has 1 fully saturated rings. The number of ether oxygens (including phenoxy) is 1. The Morgan fingerprint density at radius 1 is 1.15 bits per heavy atom. The van der Waals surface area contributed by atoms with Crippen molar-refractivity contribution in [2.45, 2.75) is 43.3 Å². The van der Waals surface area contributed by atoms with Crippen LogP contribution in [-0.2, 0) is 16.3 Å². The van der Waals surface area contributed by atoms with Gasteiger partial charge in [0, 0.05) is 31.5 Å². The molecule has 0 bridgehead atoms. The molecule has 2 heterocycles. The number of anilines is 2. The normalized spacial score (nSPS) is 15.1. The fourth-order valence-electron chi connectivity index (χ4n) is 4.69. The van der Waals surface area contributed by atoms with Gasteiger partial charge in [-0.05, 0) is 48.5 Å². The van der Waals surface area contributed by atoms with Crippen LogP contribution in [0.2, 0.25) is 0 Å². The number of nitrogens with one attached hydrogen (secondary N) is 2. The zero-order valence-corrected chi connectivity index (χ0v) is 23.7. The number of alkyl halides is 3. The lowest BCUT2D eigenvalue weighted by molar-refractivity contribution is -0.126. The summed E-state index contributed by atoms with van der Waals surface area (Å²) in [6, 6.07) is 10.2. The van der Waals surface area contributed by atoms with E-state index in [-0.39, 0.29) is 23.0 Å². The monoisotopic (exact) mass is 579 g/mol. The molecule has 1 aliphatic heterocycles. The molecule has 6 nitrogen and oxygen atoms in total. The lowest BCUT2D eigenvalue weighted by atomic mass is 10.0. The molecule has 0 spiro atoms. The topological polar surface area (TPSA) is 70.7 Å². The van der Waals surface area contributed by atoms with Crippen molar-refractivity contribution in [3.05, 3.63) is 46.8 Å². The number of halogens is 3. The fourth-order valence-corrected chi connectivity index (χ4v) is 6.49. The molecule has 39 heavy (non-hydrogen) atoms. The summed E-state index contributed by atoms with van der Waals surface area (Å²) in [5.74, 6) is 6.21. The summed E-state index contributed by atoms with van der Waals surface area (Å²) in [6.07, 6.45) is -2.34. The molecule has 4 rings (SSSR count). The third kappa shape index (κ3) is 7.38. The van der Waals surface area contributed by atoms with E-state index in [0.29, 0.717) is 21.7 Å². The number of fused-ring (bicyclic) bond motifs is 1. The second kappa shape index (κ2) is 12.1. The number of rotatable bonds is 8. The van der Waals surface area contributed by atoms with E-state index in [4.69, 9.17) is 4.74 Å². The molecule has 210 valence electrons. The summed E-state index contributed by atoms with van der Waals surface area (Å²) in [6.45, 7) is 5.30. The van der Waals surface area contributed by atoms with Gasteiger partial charge in [0.2, 0.25) is 0 Å². The Kier molecular flexibility index (Phi) is 8.99. The molecule has 11 heteroatoms. The van der Waals surface area contributed by atoms with Crippen molar-refractivity contribution in [2.24, 2.45) is 0 Å². The average molecular weight is 580 g/mol. The van der Waals surface area contributed by atoms with Crippen molar-refractivity contribution < 1.29 is 26.3 Å². The van der Waals surface area contributed by atoms with Gasteiger partial charge >= 0.3 is 6.18 Å². The van der Waals surface area contributed by atoms with Crippen molar-refractivity contribution in [2.75, 3.05) is 50.2 Å². The zero-order chi connectivity index (χ0) is 28.2. The quantitative estimate of drug-likeness (QED) is 0.330. The van der Waals surface area contributed by atoms with Crippen LogP contribution in [0.5, 0.6) is 5.75 Å². The first kappa shape index (κ1) is 29.1. The van der Waals surface area contributed by atoms with E-state index in [9.17, 15) is 21.6 Å². The number of piperidine rings is 1. The predicted octanol–water partition coefficient (Wildman–Crippen LogP) is 5.78. The van der Waals surface area contributed by atoms with Gasteiger partial charge in [0.05, 0.1) is 45.9 Å². The number of benzene rings is 2. The Labute approximate surface area is 231 Å². The SMILES string of the molecule is CCN1CCC(Nc2cccc3c(CC(F)(F)F)c(C#CCNc4ccc(S(C)(=O)=O)cc4OC)sc23)CC1. The van der Waals surface area contributed by atoms with Crippen molar-refractivity contribution in [1.82, 2.24) is 4.90 Å². The van der Waals surface area contributed by atoms with Gasteiger partial charge in [-0.1, -0.05) is 30.9 Å². The number of likely N-dealkylation sites (tertiary alicyclic amines) is 1. The van der Waals surface area contributed by atoms with Crippen molar-refractivity contribution >= 4 is 42.6 Å². The first-order valence-corrected chi connectivity index (χ1v) is 15.4. The van der Waals surface area contributed by atoms with Gasteiger partial charge in [0.25, 0.3) is 0 Å². The molecular formula is C28H32F3N3O3S2. The number of nitrogens with zero attached hydrogens (tertiary/aromatic N) is 1. The number of thiophene rings is 1. The van der Waals surface area contributed by atoms with Crippen LogP contribution < -0.4 is 15.4 Å². The van der Waals surface area contributed by atoms with Crippen molar-refractivity contribution in [3.8, 4) is 17.6 Å². The minimum absolute atomic E-state index is 0.124. The van der Waals surface area contributed by atoms with E-state index >= 15 is 0 Å². The highest BCUT2D eigenvalue weighted by Crippen LogP contribution is 2.39. The maximum atomic E-state index is 13.5. The van der Waals surface area contributed by atoms with Crippen LogP contribution in [0.1, 0.15) is 30.2 Å². The van der Waals surface area contributed by atoms with Crippen LogP contribution in [0.25, 0.3) is 10.1 Å². The third-order valence-electron chi connectivity index (χ3n) is 6.76. The first-order chi connectivity index (χ1) is 18.5. The van der Waals surface area contributed by atoms with Gasteiger partial charge in [0.15, 0.2) is 9.84 Å². The van der Waals surface area contributed by atoms with Crippen LogP contribution in [0.15, 0.2) is 41.3 Å². The number of hydrogen-bond acceptors (Lipinski definition) is 7. The van der Waals surface area contributed by atoms with E-state index < -0.39 is 22.4 Å². The highest BCUT2D eigenvalue weighted by atomic mass is 32.2. The smallest absolute Gasteiger partial charge is 0.393 e. The van der Waals surface area contributed by atoms with Crippen LogP contribution in [0.3, 0.4) is 0 Å². The lowest BCUT2D eigenvalue weighted by Gasteiger charge is -2.32. The average Bonchev–Trinajstić information content (AvgIpc) is 3.23. The summed E-state index contributed by atoms with van der Waals surface area (Å²) in [7, 11) is -1.97. The van der Waals surface area contributed by atoms with Gasteiger partial charge in [-0.25, -0.2) is 8.42 Å². The minimum atomic E-state index is -4.37. The summed E-state index contributed by atoms with van der Waals surface area (Å²) in [5.41, 5.74) is 1.57. The Hall–Kier alpha value is -2.94. The van der Waals surface area contributed by atoms with Gasteiger partial charge < -0.3 is 20.3 Å². The summed E-state index contributed by atoms with van der Waals surface area (Å²) in [4.78, 5) is 2.90. The van der Waals surface area contributed by atoms with E-state index in [2.05, 4.69) is 34.3 Å². The standard InChI is InChI=1S/C28H32F3N3O3S2/c1-4-34-15-12-19(13-16-34)33-24-8-5-7-21-22(18-28(29,30)31)26(38-27(21)24)9-6-14-32-23-11-10-20(39(3,35)36)17-25(23)37-2/h5,7-8,10-11,17,19,32-33H,4,12-16,18H2,1-3H3. The Bertz CT molecular complexity index is 1480. The van der Waals surface area contributed by atoms with Crippen LogP contribution >= 0.6 is 11.3 Å². The van der Waals surface area contributed by atoms with Crippen LogP contribution in [0.4, 0.5) is 24.5 Å². The molecule has 2 aromatic carbocycles. The van der Waals surface area contributed by atoms with E-state index in [1.165, 1.54) is 30.6 Å². The zero-order valence-electron chi connectivity index (χ0n) is 22.1. The molecule has 0 radical (unpaired) electrons. The Morgan fingerprint density at radius 3 is 2.54 bits per heavy atom. The van der Waals surface area contributed by atoms with E-state index in [1.807, 2.05) is 6.07 Å². The molecule has 0 amide bonds. The molecule has 0 saturated carbocycles. The number of methoxy groups -OCH3 is 1. The largest absolute Gasteiger partial charge is 0.495 e. The molecule has 1 aromatic heterocycles. The number of hydrogen-bond donors (Lipinski definition) is 2. The molecule has 0 aliphatic carbocycles. The molecule has 1 saturated heterocycles. The molecule has 0 atom stereocenters. The molecule has 3 aromatic rings. The second-order valence-electron chi connectivity index (χ2n) is 9.53. The van der Waals surface area contributed by atoms with Crippen molar-refractivity contribution in [3.63, 3.8) is 0 Å². The Balaban J connectivity index is 1.58. The summed E-state index contributed by atoms with van der Waals surface area (Å²) >= 11 is 1.28. The summed E-state index contributed by atoms with van der Waals surface area (Å²) in [5, 5.41) is 7.21. The van der Waals surface area contributed by atoms with Gasteiger partial charge in [-0.2, -0.15) is 13.2 Å². The van der Waals surface area contributed by atoms with Crippen molar-refractivity contribution in [1.29, 1.82) is 0 Å². The van der Waals surface area contributed by atoms with Gasteiger partial charge in [0.1, 0.15) is 5.75 Å². The van der Waals surface area contributed by atoms with Crippen LogP contribution in [0, 0.1) is 11.8 Å². The molecule has 1 aliphatic rings. The summed E-state index contributed by atoms with van der Waals surface area (Å²) < 4.78 is 70.3. The first-order valence-electron chi connectivity index (χ1n) is 12.7. The van der Waals surface area contributed by atoms with E-state index in [0.717, 1.165) is 49.1 Å². The van der Waals surface area contributed by atoms with Gasteiger partial charge in [-0.15, -0.1) is 11.3 Å². The highest BCUT2D eigenvalue weighted by Gasteiger charge is 2.31. The molecule has 0 unspecified atom stereocenters. The number of sulfone groups is 1. The van der Waals surface area contributed by atoms with Gasteiger partial charge in [-0.3, -0.25) is 0 Å². The molecule has 2 N–H and O–H groups in total. The second-order valence-corrected chi connectivity index (χ2v) is 12.6. The maximum Gasteiger partial charge on any atom is 0.393 e. The third-order valence-corrected chi connectivity index (χ3v) is 9.07. The van der Waals surface area contributed by atoms with Crippen LogP contribution in [-0.4, -0.2) is 65.1 Å². The highest BCUT2D eigenvalue weighted by molar-refractivity contribution is 7.90. The fraction of sp³-hybridized carbons (Fsp3) is 0.429. The Morgan fingerprint density at radius 2 is 1.90 bits per heavy atom. The maximum absolute atomic E-state index is 13.5.